The molecule has 2 aromatic carbocycles. The average Bonchev–Trinajstić information content (AvgIpc) is 3.21. The molecule has 0 amide bonds. The van der Waals surface area contributed by atoms with E-state index in [1.54, 1.807) is 20.5 Å². The van der Waals surface area contributed by atoms with Gasteiger partial charge in [-0.3, -0.25) is 4.79 Å². The van der Waals surface area contributed by atoms with E-state index in [-0.39, 0.29) is 5.82 Å². The number of carbonyl (C=O) groups excluding carboxylic acids is 1. The van der Waals surface area contributed by atoms with E-state index in [0.29, 0.717) is 52.9 Å². The summed E-state index contributed by atoms with van der Waals surface area (Å²) in [4.78, 5) is 26.8. The van der Waals surface area contributed by atoms with Crippen LogP contribution in [0.2, 0.25) is 5.02 Å². The minimum Gasteiger partial charge on any atom is -0.497 e. The number of carbonyl (C=O) groups is 1. The second-order valence-corrected chi connectivity index (χ2v) is 7.67. The first-order valence-electron chi connectivity index (χ1n) is 9.87. The average molecular weight is 452 g/mol. The van der Waals surface area contributed by atoms with Crippen LogP contribution in [0.1, 0.15) is 21.7 Å². The number of rotatable bonds is 8. The van der Waals surface area contributed by atoms with Gasteiger partial charge >= 0.3 is 0 Å². The Labute approximate surface area is 190 Å². The molecule has 0 saturated heterocycles. The number of aromatic nitrogens is 4. The van der Waals surface area contributed by atoms with Crippen LogP contribution in [-0.4, -0.2) is 47.1 Å². The van der Waals surface area contributed by atoms with Crippen molar-refractivity contribution in [2.24, 2.45) is 0 Å². The Morgan fingerprint density at radius 3 is 2.69 bits per heavy atom. The first-order valence-corrected chi connectivity index (χ1v) is 10.2. The highest BCUT2D eigenvalue weighted by Crippen LogP contribution is 2.29. The van der Waals surface area contributed by atoms with Crippen LogP contribution >= 0.6 is 11.6 Å². The quantitative estimate of drug-likeness (QED) is 0.374. The number of nitrogens with zero attached hydrogens (tertiary/aromatic N) is 5. The molecule has 4 aromatic rings. The van der Waals surface area contributed by atoms with Gasteiger partial charge in [0.05, 0.1) is 27.1 Å². The van der Waals surface area contributed by atoms with Gasteiger partial charge in [-0.15, -0.1) is 0 Å². The van der Waals surface area contributed by atoms with E-state index in [1.807, 2.05) is 59.0 Å². The summed E-state index contributed by atoms with van der Waals surface area (Å²) in [5.74, 6) is 2.05. The van der Waals surface area contributed by atoms with Gasteiger partial charge in [0.25, 0.3) is 0 Å². The number of fused-ring (bicyclic) bond motifs is 1. The predicted molar refractivity (Wildman–Crippen MR) is 123 cm³/mol. The zero-order valence-electron chi connectivity index (χ0n) is 17.9. The molecule has 32 heavy (non-hydrogen) atoms. The van der Waals surface area contributed by atoms with Crippen LogP contribution in [0.3, 0.4) is 0 Å². The fraction of sp³-hybridized carbons (Fsp3) is 0.217. The highest BCUT2D eigenvalue weighted by molar-refractivity contribution is 6.30. The molecule has 2 heterocycles. The normalized spacial score (nSPS) is 10.9. The van der Waals surface area contributed by atoms with Crippen LogP contribution in [0.5, 0.6) is 11.5 Å². The van der Waals surface area contributed by atoms with Gasteiger partial charge in [-0.1, -0.05) is 23.7 Å². The van der Waals surface area contributed by atoms with Gasteiger partial charge in [-0.05, 0) is 29.8 Å². The van der Waals surface area contributed by atoms with E-state index in [4.69, 9.17) is 21.1 Å². The largest absolute Gasteiger partial charge is 0.497 e. The van der Waals surface area contributed by atoms with Gasteiger partial charge in [0.2, 0.25) is 0 Å². The van der Waals surface area contributed by atoms with Crippen molar-refractivity contribution in [1.29, 1.82) is 0 Å². The maximum atomic E-state index is 11.6. The van der Waals surface area contributed by atoms with Crippen molar-refractivity contribution in [3.8, 4) is 11.5 Å². The highest BCUT2D eigenvalue weighted by Gasteiger charge is 2.18. The second kappa shape index (κ2) is 9.23. The minimum atomic E-state index is 0.0916. The number of aldehydes is 1. The second-order valence-electron chi connectivity index (χ2n) is 7.23. The lowest BCUT2D eigenvalue weighted by Crippen LogP contribution is -2.20. The molecular weight excluding hydrogens is 430 g/mol. The Kier molecular flexibility index (Phi) is 6.23. The molecular formula is C23H22ClN5O3. The number of hydrogen-bond acceptors (Lipinski definition) is 7. The topological polar surface area (TPSA) is 82.4 Å². The molecule has 4 rings (SSSR count). The Bertz CT molecular complexity index is 1270. The van der Waals surface area contributed by atoms with Crippen LogP contribution in [0.4, 0.5) is 5.82 Å². The van der Waals surface area contributed by atoms with Crippen LogP contribution in [-0.2, 0) is 13.1 Å². The third-order valence-corrected chi connectivity index (χ3v) is 5.31. The lowest BCUT2D eigenvalue weighted by molar-refractivity contribution is 0.111. The number of methoxy groups -OCH3 is 2. The molecule has 0 fully saturated rings. The van der Waals surface area contributed by atoms with Gasteiger partial charge in [0.15, 0.2) is 29.1 Å². The molecule has 0 bridgehead atoms. The summed E-state index contributed by atoms with van der Waals surface area (Å²) in [7, 11) is 5.11. The SMILES string of the molecule is COc1ccc(CN(C)c2nc(C=O)nc3c2ncn3Cc2cccc(Cl)c2)c(OC)c1. The summed E-state index contributed by atoms with van der Waals surface area (Å²) in [6.07, 6.45) is 2.33. The number of anilines is 1. The molecule has 0 spiro atoms. The Morgan fingerprint density at radius 1 is 1.12 bits per heavy atom. The van der Waals surface area contributed by atoms with Crippen molar-refractivity contribution >= 4 is 34.9 Å². The molecule has 0 unspecified atom stereocenters. The summed E-state index contributed by atoms with van der Waals surface area (Å²) in [6.45, 7) is 1.00. The summed E-state index contributed by atoms with van der Waals surface area (Å²) < 4.78 is 12.7. The van der Waals surface area contributed by atoms with Crippen molar-refractivity contribution in [1.82, 2.24) is 19.5 Å². The predicted octanol–water partition coefficient (Wildman–Crippen LogP) is 3.99. The van der Waals surface area contributed by atoms with Crippen LogP contribution in [0.25, 0.3) is 11.2 Å². The van der Waals surface area contributed by atoms with Gasteiger partial charge in [-0.2, -0.15) is 0 Å². The van der Waals surface area contributed by atoms with Crippen molar-refractivity contribution in [3.05, 3.63) is 70.8 Å². The van der Waals surface area contributed by atoms with Crippen LogP contribution < -0.4 is 14.4 Å². The van der Waals surface area contributed by atoms with Crippen molar-refractivity contribution in [2.75, 3.05) is 26.2 Å². The molecule has 0 saturated carbocycles. The maximum Gasteiger partial charge on any atom is 0.196 e. The first kappa shape index (κ1) is 21.6. The molecule has 0 N–H and O–H groups in total. The van der Waals surface area contributed by atoms with Gasteiger partial charge in [0.1, 0.15) is 11.5 Å². The zero-order chi connectivity index (χ0) is 22.7. The van der Waals surface area contributed by atoms with E-state index in [0.717, 1.165) is 11.1 Å². The Morgan fingerprint density at radius 2 is 1.97 bits per heavy atom. The monoisotopic (exact) mass is 451 g/mol. The minimum absolute atomic E-state index is 0.0916. The lowest BCUT2D eigenvalue weighted by Gasteiger charge is -2.20. The van der Waals surface area contributed by atoms with Crippen LogP contribution in [0.15, 0.2) is 48.8 Å². The number of benzene rings is 2. The molecule has 0 aliphatic heterocycles. The number of hydrogen-bond donors (Lipinski definition) is 0. The van der Waals surface area contributed by atoms with E-state index >= 15 is 0 Å². The lowest BCUT2D eigenvalue weighted by atomic mass is 10.1. The zero-order valence-corrected chi connectivity index (χ0v) is 18.7. The van der Waals surface area contributed by atoms with E-state index in [1.165, 1.54) is 0 Å². The van der Waals surface area contributed by atoms with Crippen molar-refractivity contribution in [3.63, 3.8) is 0 Å². The summed E-state index contributed by atoms with van der Waals surface area (Å²) >= 11 is 6.12. The molecule has 0 aliphatic carbocycles. The smallest absolute Gasteiger partial charge is 0.196 e. The molecule has 0 radical (unpaired) electrons. The van der Waals surface area contributed by atoms with Crippen molar-refractivity contribution in [2.45, 2.75) is 13.1 Å². The van der Waals surface area contributed by atoms with Gasteiger partial charge in [-0.25, -0.2) is 15.0 Å². The van der Waals surface area contributed by atoms with E-state index in [2.05, 4.69) is 15.0 Å². The van der Waals surface area contributed by atoms with Crippen molar-refractivity contribution < 1.29 is 14.3 Å². The first-order chi connectivity index (χ1) is 15.5. The number of halogens is 1. The summed E-state index contributed by atoms with van der Waals surface area (Å²) in [5, 5.41) is 0.656. The third-order valence-electron chi connectivity index (χ3n) is 5.07. The Balaban J connectivity index is 1.71. The fourth-order valence-electron chi connectivity index (χ4n) is 3.53. The van der Waals surface area contributed by atoms with E-state index in [9.17, 15) is 4.79 Å². The Hall–Kier alpha value is -3.65. The highest BCUT2D eigenvalue weighted by atomic mass is 35.5. The number of ether oxygens (including phenoxy) is 2. The fourth-order valence-corrected chi connectivity index (χ4v) is 3.74. The molecule has 164 valence electrons. The molecule has 0 aliphatic rings. The summed E-state index contributed by atoms with van der Waals surface area (Å²) in [6, 6.07) is 13.2. The molecule has 0 atom stereocenters. The third kappa shape index (κ3) is 4.36. The van der Waals surface area contributed by atoms with Gasteiger partial charge < -0.3 is 18.9 Å². The molecule has 2 aromatic heterocycles. The number of imidazole rings is 1. The summed E-state index contributed by atoms with van der Waals surface area (Å²) in [5.41, 5.74) is 3.12. The molecule has 8 nitrogen and oxygen atoms in total. The van der Waals surface area contributed by atoms with E-state index < -0.39 is 0 Å². The molecule has 9 heteroatoms. The standard InChI is InChI=1S/C23H22ClN5O3/c1-28(12-16-7-8-18(31-2)10-19(16)32-3)22-21-23(27-20(13-30)26-22)29(14-25-21)11-15-5-4-6-17(24)9-15/h4-10,13-14H,11-12H2,1-3H3. The maximum absolute atomic E-state index is 11.6. The van der Waals surface area contributed by atoms with Gasteiger partial charge in [0, 0.05) is 30.2 Å². The van der Waals surface area contributed by atoms with Crippen LogP contribution in [0, 0.1) is 0 Å².